The van der Waals surface area contributed by atoms with E-state index < -0.39 is 25.2 Å². The van der Waals surface area contributed by atoms with E-state index in [4.69, 9.17) is 9.47 Å². The number of ether oxygens (including phenoxy) is 2. The molecule has 2 unspecified atom stereocenters. The molecule has 0 spiro atoms. The maximum Gasteiger partial charge on any atom is 0.338 e. The topological polar surface area (TPSA) is 111 Å². The number of rotatable bonds is 8. The van der Waals surface area contributed by atoms with Crippen LogP contribution in [0.25, 0.3) is 0 Å². The van der Waals surface area contributed by atoms with Crippen molar-refractivity contribution in [1.82, 2.24) is 10.6 Å². The van der Waals surface area contributed by atoms with E-state index in [0.29, 0.717) is 0 Å². The fourth-order valence-electron chi connectivity index (χ4n) is 5.45. The molecule has 2 aliphatic rings. The van der Waals surface area contributed by atoms with Crippen LogP contribution in [-0.2, 0) is 31.9 Å². The zero-order chi connectivity index (χ0) is 27.9. The molecule has 0 fully saturated rings. The van der Waals surface area contributed by atoms with Gasteiger partial charge in [0.05, 0.1) is 23.2 Å². The number of amides is 2. The lowest BCUT2D eigenvalue weighted by Crippen LogP contribution is -2.34. The maximum atomic E-state index is 12.4. The van der Waals surface area contributed by atoms with Crippen molar-refractivity contribution in [3.63, 3.8) is 0 Å². The average Bonchev–Trinajstić information content (AvgIpc) is 2.99. The van der Waals surface area contributed by atoms with Crippen LogP contribution >= 0.6 is 0 Å². The molecule has 3 aromatic carbocycles. The Balaban J connectivity index is 1.06. The third-order valence-electron chi connectivity index (χ3n) is 7.43. The van der Waals surface area contributed by atoms with Gasteiger partial charge in [-0.3, -0.25) is 9.59 Å². The molecule has 0 aromatic heterocycles. The Labute approximate surface area is 233 Å². The van der Waals surface area contributed by atoms with Crippen LogP contribution in [-0.4, -0.2) is 37.0 Å². The summed E-state index contributed by atoms with van der Waals surface area (Å²) in [5, 5.41) is 5.90. The third-order valence-corrected chi connectivity index (χ3v) is 7.43. The van der Waals surface area contributed by atoms with Gasteiger partial charge in [-0.2, -0.15) is 0 Å². The number of carbonyl (C=O) groups excluding carboxylic acids is 4. The number of carbonyl (C=O) groups is 4. The van der Waals surface area contributed by atoms with Crippen molar-refractivity contribution in [2.45, 2.75) is 50.6 Å². The number of hydrogen-bond acceptors (Lipinski definition) is 6. The summed E-state index contributed by atoms with van der Waals surface area (Å²) in [6.45, 7) is -0.802. The number of nitrogens with one attached hydrogen (secondary N) is 2. The highest BCUT2D eigenvalue weighted by Gasteiger charge is 2.23. The van der Waals surface area contributed by atoms with Crippen molar-refractivity contribution in [2.75, 3.05) is 13.2 Å². The Morgan fingerprint density at radius 2 is 1.00 bits per heavy atom. The predicted octanol–water partition coefficient (Wildman–Crippen LogP) is 4.39. The third kappa shape index (κ3) is 6.57. The molecule has 0 heterocycles. The van der Waals surface area contributed by atoms with Crippen LogP contribution in [0.4, 0.5) is 0 Å². The molecule has 0 radical (unpaired) electrons. The standard InChI is InChI=1S/C32H32N2O6/c35-29(33-27-13-5-9-21-7-1-3-11-25(21)27)19-39-31(37)23-15-17-24(18-16-23)32(38)40-20-30(36)34-28-14-6-10-22-8-2-4-12-26(22)28/h1-4,7-8,11-12,15-18,27-28H,5-6,9-10,13-14,19-20H2,(H,33,35)(H,34,36). The number of hydrogen-bond donors (Lipinski definition) is 2. The monoisotopic (exact) mass is 540 g/mol. The largest absolute Gasteiger partial charge is 0.452 e. The first-order chi connectivity index (χ1) is 19.5. The normalized spacial score (nSPS) is 17.5. The van der Waals surface area contributed by atoms with Gasteiger partial charge in [0, 0.05) is 0 Å². The zero-order valence-corrected chi connectivity index (χ0v) is 22.2. The number of esters is 2. The molecule has 2 N–H and O–H groups in total. The second kappa shape index (κ2) is 12.6. The summed E-state index contributed by atoms with van der Waals surface area (Å²) in [4.78, 5) is 49.7. The molecule has 8 heteroatoms. The highest BCUT2D eigenvalue weighted by atomic mass is 16.5. The fourth-order valence-corrected chi connectivity index (χ4v) is 5.45. The van der Waals surface area contributed by atoms with Crippen LogP contribution in [0.1, 0.15) is 80.7 Å². The van der Waals surface area contributed by atoms with Crippen LogP contribution < -0.4 is 10.6 Å². The summed E-state index contributed by atoms with van der Waals surface area (Å²) >= 11 is 0. The van der Waals surface area contributed by atoms with E-state index in [-0.39, 0.29) is 35.0 Å². The number of aryl methyl sites for hydroxylation is 2. The average molecular weight is 541 g/mol. The summed E-state index contributed by atoms with van der Waals surface area (Å²) in [6, 6.07) is 21.6. The Morgan fingerprint density at radius 1 is 0.600 bits per heavy atom. The van der Waals surface area contributed by atoms with Crippen molar-refractivity contribution in [3.05, 3.63) is 106 Å². The Morgan fingerprint density at radius 3 is 1.43 bits per heavy atom. The smallest absolute Gasteiger partial charge is 0.338 e. The summed E-state index contributed by atoms with van der Waals surface area (Å²) < 4.78 is 10.4. The molecule has 8 nitrogen and oxygen atoms in total. The highest BCUT2D eigenvalue weighted by Crippen LogP contribution is 2.30. The molecule has 0 aliphatic heterocycles. The summed E-state index contributed by atoms with van der Waals surface area (Å²) in [7, 11) is 0. The highest BCUT2D eigenvalue weighted by molar-refractivity contribution is 5.95. The van der Waals surface area contributed by atoms with Gasteiger partial charge in [-0.05, 0) is 85.0 Å². The van der Waals surface area contributed by atoms with E-state index in [1.165, 1.54) is 35.4 Å². The molecule has 0 bridgehead atoms. The molecule has 206 valence electrons. The van der Waals surface area contributed by atoms with Crippen molar-refractivity contribution < 1.29 is 28.7 Å². The minimum atomic E-state index is -0.675. The SMILES string of the molecule is O=C(COC(=O)c1ccc(C(=O)OCC(=O)NC2CCCc3ccccc32)cc1)NC1CCCc2ccccc21. The maximum absolute atomic E-state index is 12.4. The first-order valence-corrected chi connectivity index (χ1v) is 13.7. The molecule has 2 amide bonds. The molecule has 5 rings (SSSR count). The first kappa shape index (κ1) is 27.1. The van der Waals surface area contributed by atoms with Crippen molar-refractivity contribution in [2.24, 2.45) is 0 Å². The van der Waals surface area contributed by atoms with Gasteiger partial charge < -0.3 is 20.1 Å². The summed E-state index contributed by atoms with van der Waals surface area (Å²) in [5.41, 5.74) is 5.05. The van der Waals surface area contributed by atoms with Crippen molar-refractivity contribution >= 4 is 23.8 Å². The minimum Gasteiger partial charge on any atom is -0.452 e. The molecule has 0 saturated heterocycles. The second-order valence-electron chi connectivity index (χ2n) is 10.2. The van der Waals surface area contributed by atoms with Gasteiger partial charge in [0.2, 0.25) is 0 Å². The molecule has 3 aromatic rings. The van der Waals surface area contributed by atoms with Crippen LogP contribution in [0, 0.1) is 0 Å². The van der Waals surface area contributed by atoms with E-state index in [1.807, 2.05) is 36.4 Å². The minimum absolute atomic E-state index is 0.0954. The molecular weight excluding hydrogens is 508 g/mol. The lowest BCUT2D eigenvalue weighted by Gasteiger charge is -2.26. The van der Waals surface area contributed by atoms with E-state index in [1.54, 1.807) is 0 Å². The summed E-state index contributed by atoms with van der Waals surface area (Å²) in [5.74, 6) is -2.09. The van der Waals surface area contributed by atoms with Crippen LogP contribution in [0.2, 0.25) is 0 Å². The zero-order valence-electron chi connectivity index (χ0n) is 22.2. The van der Waals surface area contributed by atoms with Crippen molar-refractivity contribution in [3.8, 4) is 0 Å². The second-order valence-corrected chi connectivity index (χ2v) is 10.2. The number of benzene rings is 3. The van der Waals surface area contributed by atoms with Crippen molar-refractivity contribution in [1.29, 1.82) is 0 Å². The lowest BCUT2D eigenvalue weighted by molar-refractivity contribution is -0.125. The van der Waals surface area contributed by atoms with Crippen LogP contribution in [0.3, 0.4) is 0 Å². The van der Waals surface area contributed by atoms with E-state index >= 15 is 0 Å². The molecule has 40 heavy (non-hydrogen) atoms. The molecular formula is C32H32N2O6. The van der Waals surface area contributed by atoms with E-state index in [2.05, 4.69) is 22.8 Å². The van der Waals surface area contributed by atoms with Crippen LogP contribution in [0.15, 0.2) is 72.8 Å². The van der Waals surface area contributed by atoms with Gasteiger partial charge in [-0.15, -0.1) is 0 Å². The molecule has 2 aliphatic carbocycles. The lowest BCUT2D eigenvalue weighted by atomic mass is 9.88. The Hall–Kier alpha value is -4.46. The number of fused-ring (bicyclic) bond motifs is 2. The van der Waals surface area contributed by atoms with Crippen LogP contribution in [0.5, 0.6) is 0 Å². The van der Waals surface area contributed by atoms with E-state index in [0.717, 1.165) is 49.7 Å². The summed E-state index contributed by atoms with van der Waals surface area (Å²) in [6.07, 6.45) is 5.62. The molecule has 2 atom stereocenters. The predicted molar refractivity (Wildman–Crippen MR) is 148 cm³/mol. The quantitative estimate of drug-likeness (QED) is 0.410. The van der Waals surface area contributed by atoms with Gasteiger partial charge in [0.1, 0.15) is 0 Å². The van der Waals surface area contributed by atoms with Gasteiger partial charge in [0.15, 0.2) is 13.2 Å². The molecule has 0 saturated carbocycles. The fraction of sp³-hybridized carbons (Fsp3) is 0.312. The van der Waals surface area contributed by atoms with Gasteiger partial charge >= 0.3 is 11.9 Å². The van der Waals surface area contributed by atoms with Gasteiger partial charge in [-0.25, -0.2) is 9.59 Å². The Kier molecular flexibility index (Phi) is 8.54. The Bertz CT molecular complexity index is 1290. The van der Waals surface area contributed by atoms with Gasteiger partial charge in [-0.1, -0.05) is 48.5 Å². The van der Waals surface area contributed by atoms with E-state index in [9.17, 15) is 19.2 Å². The van der Waals surface area contributed by atoms with Gasteiger partial charge in [0.25, 0.3) is 11.8 Å². The first-order valence-electron chi connectivity index (χ1n) is 13.7.